The molecule has 4 nitrogen and oxygen atoms in total. The minimum atomic E-state index is -3.39. The lowest BCUT2D eigenvalue weighted by Gasteiger charge is -2.20. The van der Waals surface area contributed by atoms with Crippen molar-refractivity contribution in [2.75, 3.05) is 17.8 Å². The third kappa shape index (κ3) is 3.09. The van der Waals surface area contributed by atoms with Crippen LogP contribution in [0, 0.1) is 0 Å². The fraction of sp³-hybridized carbons (Fsp3) is 0.571. The molecule has 0 radical (unpaired) electrons. The van der Waals surface area contributed by atoms with Crippen molar-refractivity contribution in [2.24, 2.45) is 0 Å². The predicted molar refractivity (Wildman–Crippen MR) is 78.5 cm³/mol. The van der Waals surface area contributed by atoms with Crippen molar-refractivity contribution in [3.05, 3.63) is 29.3 Å². The third-order valence-corrected chi connectivity index (χ3v) is 5.14. The van der Waals surface area contributed by atoms with Gasteiger partial charge in [-0.15, -0.1) is 0 Å². The molecule has 0 aromatic heterocycles. The van der Waals surface area contributed by atoms with Crippen LogP contribution in [0.5, 0.6) is 0 Å². The minimum absolute atomic E-state index is 0.630. The Bertz CT molecular complexity index is 512. The lowest BCUT2D eigenvalue weighted by atomic mass is 10.0. The van der Waals surface area contributed by atoms with Crippen LogP contribution in [0.25, 0.3) is 0 Å². The highest BCUT2D eigenvalue weighted by atomic mass is 32.2. The van der Waals surface area contributed by atoms with E-state index in [2.05, 4.69) is 4.72 Å². The number of hydrogen-bond donors (Lipinski definition) is 1. The Labute approximate surface area is 116 Å². The molecule has 0 spiro atoms. The first-order chi connectivity index (χ1) is 9.08. The van der Waals surface area contributed by atoms with E-state index in [1.807, 2.05) is 32.0 Å². The molecule has 0 aliphatic carbocycles. The van der Waals surface area contributed by atoms with E-state index in [1.165, 1.54) is 0 Å². The topological polar surface area (TPSA) is 49.4 Å². The maximum atomic E-state index is 12.4. The summed E-state index contributed by atoms with van der Waals surface area (Å²) in [6.45, 7) is 5.35. The van der Waals surface area contributed by atoms with Crippen LogP contribution in [0.15, 0.2) is 18.2 Å². The highest BCUT2D eigenvalue weighted by Gasteiger charge is 2.26. The van der Waals surface area contributed by atoms with Crippen molar-refractivity contribution in [2.45, 2.75) is 39.5 Å². The molecule has 0 saturated carbocycles. The van der Waals surface area contributed by atoms with E-state index in [4.69, 9.17) is 0 Å². The molecule has 19 heavy (non-hydrogen) atoms. The average molecular weight is 282 g/mol. The Morgan fingerprint density at radius 3 is 2.11 bits per heavy atom. The Hall–Kier alpha value is -1.07. The monoisotopic (exact) mass is 282 g/mol. The molecule has 5 heteroatoms. The van der Waals surface area contributed by atoms with Crippen LogP contribution in [-0.4, -0.2) is 25.8 Å². The molecule has 0 unspecified atom stereocenters. The average Bonchev–Trinajstić information content (AvgIpc) is 2.93. The first-order valence-electron chi connectivity index (χ1n) is 6.97. The van der Waals surface area contributed by atoms with Gasteiger partial charge in [-0.25, -0.2) is 0 Å². The smallest absolute Gasteiger partial charge is 0.270 e. The lowest BCUT2D eigenvalue weighted by molar-refractivity contribution is 0.482. The molecule has 1 aliphatic heterocycles. The van der Waals surface area contributed by atoms with Gasteiger partial charge in [0.1, 0.15) is 0 Å². The number of anilines is 1. The van der Waals surface area contributed by atoms with Crippen LogP contribution in [0.4, 0.5) is 5.69 Å². The molecule has 2 rings (SSSR count). The van der Waals surface area contributed by atoms with Crippen LogP contribution in [0.2, 0.25) is 0 Å². The molecular formula is C14H22N2O2S. The van der Waals surface area contributed by atoms with Gasteiger partial charge in [0.15, 0.2) is 0 Å². The third-order valence-electron chi connectivity index (χ3n) is 3.63. The number of hydrogen-bond acceptors (Lipinski definition) is 2. The molecule has 0 amide bonds. The Morgan fingerprint density at radius 1 is 1.11 bits per heavy atom. The summed E-state index contributed by atoms with van der Waals surface area (Å²) in [6.07, 6.45) is 3.56. The van der Waals surface area contributed by atoms with Gasteiger partial charge >= 0.3 is 10.2 Å². The van der Waals surface area contributed by atoms with E-state index < -0.39 is 10.2 Å². The zero-order chi connectivity index (χ0) is 13.9. The number of aryl methyl sites for hydroxylation is 2. The molecule has 1 aliphatic rings. The fourth-order valence-corrected chi connectivity index (χ4v) is 3.88. The van der Waals surface area contributed by atoms with Crippen molar-refractivity contribution in [1.82, 2.24) is 4.31 Å². The van der Waals surface area contributed by atoms with Crippen LogP contribution < -0.4 is 4.72 Å². The summed E-state index contributed by atoms with van der Waals surface area (Å²) in [5.41, 5.74) is 2.89. The van der Waals surface area contributed by atoms with Gasteiger partial charge < -0.3 is 0 Å². The molecule has 1 aromatic carbocycles. The summed E-state index contributed by atoms with van der Waals surface area (Å²) in [5, 5.41) is 0. The summed E-state index contributed by atoms with van der Waals surface area (Å²) in [5.74, 6) is 0. The Balaban J connectivity index is 2.31. The normalized spacial score (nSPS) is 16.7. The summed E-state index contributed by atoms with van der Waals surface area (Å²) in [4.78, 5) is 0. The van der Waals surface area contributed by atoms with Crippen LogP contribution in [-0.2, 0) is 23.1 Å². The van der Waals surface area contributed by atoms with Gasteiger partial charge in [-0.3, -0.25) is 4.72 Å². The van der Waals surface area contributed by atoms with E-state index in [-0.39, 0.29) is 0 Å². The van der Waals surface area contributed by atoms with E-state index in [0.29, 0.717) is 13.1 Å². The first-order valence-corrected chi connectivity index (χ1v) is 8.41. The molecule has 1 N–H and O–H groups in total. The molecule has 1 aromatic rings. The van der Waals surface area contributed by atoms with Gasteiger partial charge in [-0.1, -0.05) is 32.0 Å². The second-order valence-corrected chi connectivity index (χ2v) is 6.54. The highest BCUT2D eigenvalue weighted by molar-refractivity contribution is 7.90. The van der Waals surface area contributed by atoms with Crippen molar-refractivity contribution < 1.29 is 8.42 Å². The number of para-hydroxylation sites is 1. The number of nitrogens with one attached hydrogen (secondary N) is 1. The second kappa shape index (κ2) is 5.92. The van der Waals surface area contributed by atoms with E-state index in [0.717, 1.165) is 42.5 Å². The van der Waals surface area contributed by atoms with Gasteiger partial charge in [0.05, 0.1) is 5.69 Å². The van der Waals surface area contributed by atoms with Gasteiger partial charge in [-0.2, -0.15) is 12.7 Å². The van der Waals surface area contributed by atoms with Crippen LogP contribution in [0.3, 0.4) is 0 Å². The number of benzene rings is 1. The van der Waals surface area contributed by atoms with Gasteiger partial charge in [-0.05, 0) is 36.8 Å². The van der Waals surface area contributed by atoms with Gasteiger partial charge in [0, 0.05) is 13.1 Å². The maximum Gasteiger partial charge on any atom is 0.301 e. The lowest BCUT2D eigenvalue weighted by Crippen LogP contribution is -2.34. The largest absolute Gasteiger partial charge is 0.301 e. The summed E-state index contributed by atoms with van der Waals surface area (Å²) < 4.78 is 29.0. The standard InChI is InChI=1S/C14H22N2O2S/c1-3-12-8-7-9-13(4-2)14(12)15-19(17,18)16-10-5-6-11-16/h7-9,15H,3-6,10-11H2,1-2H3. The van der Waals surface area contributed by atoms with Crippen molar-refractivity contribution >= 4 is 15.9 Å². The van der Waals surface area contributed by atoms with Crippen molar-refractivity contribution in [3.8, 4) is 0 Å². The quantitative estimate of drug-likeness (QED) is 0.902. The molecule has 1 fully saturated rings. The minimum Gasteiger partial charge on any atom is -0.270 e. The summed E-state index contributed by atoms with van der Waals surface area (Å²) in [6, 6.07) is 5.97. The second-order valence-electron chi connectivity index (χ2n) is 4.87. The molecule has 0 bridgehead atoms. The highest BCUT2D eigenvalue weighted by Crippen LogP contribution is 2.25. The fourth-order valence-electron chi connectivity index (χ4n) is 2.50. The van der Waals surface area contributed by atoms with Crippen molar-refractivity contribution in [3.63, 3.8) is 0 Å². The summed E-state index contributed by atoms with van der Waals surface area (Å²) >= 11 is 0. The Morgan fingerprint density at radius 2 is 1.63 bits per heavy atom. The molecular weight excluding hydrogens is 260 g/mol. The molecule has 0 atom stereocenters. The van der Waals surface area contributed by atoms with E-state index >= 15 is 0 Å². The number of nitrogens with zero attached hydrogens (tertiary/aromatic N) is 1. The SMILES string of the molecule is CCc1cccc(CC)c1NS(=O)(=O)N1CCCC1. The van der Waals surface area contributed by atoms with Crippen LogP contribution in [0.1, 0.15) is 37.8 Å². The van der Waals surface area contributed by atoms with Crippen LogP contribution >= 0.6 is 0 Å². The molecule has 106 valence electrons. The van der Waals surface area contributed by atoms with Crippen molar-refractivity contribution in [1.29, 1.82) is 0 Å². The molecule has 1 heterocycles. The number of rotatable bonds is 5. The van der Waals surface area contributed by atoms with Gasteiger partial charge in [0.25, 0.3) is 0 Å². The summed E-state index contributed by atoms with van der Waals surface area (Å²) in [7, 11) is -3.39. The molecule has 1 saturated heterocycles. The maximum absolute atomic E-state index is 12.4. The first kappa shape index (κ1) is 14.3. The van der Waals surface area contributed by atoms with E-state index in [9.17, 15) is 8.42 Å². The van der Waals surface area contributed by atoms with Gasteiger partial charge in [0.2, 0.25) is 0 Å². The predicted octanol–water partition coefficient (Wildman–Crippen LogP) is 2.56. The van der Waals surface area contributed by atoms with E-state index in [1.54, 1.807) is 4.31 Å². The zero-order valence-corrected chi connectivity index (χ0v) is 12.5. The Kier molecular flexibility index (Phi) is 4.47. The zero-order valence-electron chi connectivity index (χ0n) is 11.6.